The van der Waals surface area contributed by atoms with E-state index in [-0.39, 0.29) is 10.6 Å². The molecule has 5 nitrogen and oxygen atoms in total. The molecule has 0 fully saturated rings. The number of anilines is 1. The van der Waals surface area contributed by atoms with E-state index < -0.39 is 0 Å². The topological polar surface area (TPSA) is 63.6 Å². The van der Waals surface area contributed by atoms with Crippen molar-refractivity contribution in [3.05, 3.63) is 40.2 Å². The summed E-state index contributed by atoms with van der Waals surface area (Å²) in [4.78, 5) is 15.5. The Labute approximate surface area is 108 Å². The fourth-order valence-corrected chi connectivity index (χ4v) is 1.64. The first-order valence-corrected chi connectivity index (χ1v) is 5.61. The summed E-state index contributed by atoms with van der Waals surface area (Å²) in [5.41, 5.74) is 2.19. The van der Waals surface area contributed by atoms with Crippen LogP contribution in [0.2, 0.25) is 10.6 Å². The third-order valence-corrected chi connectivity index (χ3v) is 2.49. The van der Waals surface area contributed by atoms with Crippen LogP contribution in [0.5, 0.6) is 0 Å². The molecule has 7 heteroatoms. The molecule has 2 rings (SSSR count). The second kappa shape index (κ2) is 5.25. The van der Waals surface area contributed by atoms with Crippen LogP contribution in [-0.4, -0.2) is 19.9 Å². The van der Waals surface area contributed by atoms with Crippen molar-refractivity contribution in [3.63, 3.8) is 0 Å². The van der Waals surface area contributed by atoms with Gasteiger partial charge in [-0.25, -0.2) is 0 Å². The summed E-state index contributed by atoms with van der Waals surface area (Å²) in [5, 5.41) is 3.16. The number of aryl methyl sites for hydroxylation is 1. The lowest BCUT2D eigenvalue weighted by molar-refractivity contribution is 0.992. The Hall–Kier alpha value is -1.46. The zero-order chi connectivity index (χ0) is 12.3. The smallest absolute Gasteiger partial charge is 0.228 e. The largest absolute Gasteiger partial charge is 0.350 e. The molecule has 17 heavy (non-hydrogen) atoms. The van der Waals surface area contributed by atoms with Crippen LogP contribution in [0.1, 0.15) is 11.1 Å². The molecule has 0 saturated carbocycles. The van der Waals surface area contributed by atoms with Gasteiger partial charge < -0.3 is 5.32 Å². The molecule has 0 aromatic carbocycles. The van der Waals surface area contributed by atoms with E-state index in [4.69, 9.17) is 23.2 Å². The van der Waals surface area contributed by atoms with Crippen molar-refractivity contribution in [2.24, 2.45) is 0 Å². The molecule has 88 valence electrons. The first-order chi connectivity index (χ1) is 8.15. The van der Waals surface area contributed by atoms with Crippen LogP contribution in [-0.2, 0) is 6.54 Å². The monoisotopic (exact) mass is 269 g/mol. The molecule has 0 unspecified atom stereocenters. The molecule has 0 aliphatic heterocycles. The zero-order valence-corrected chi connectivity index (χ0v) is 10.5. The van der Waals surface area contributed by atoms with Crippen LogP contribution in [0.3, 0.4) is 0 Å². The minimum atomic E-state index is 0.0685. The van der Waals surface area contributed by atoms with E-state index in [0.717, 1.165) is 11.1 Å². The van der Waals surface area contributed by atoms with E-state index in [9.17, 15) is 0 Å². The highest BCUT2D eigenvalue weighted by atomic mass is 35.5. The molecule has 2 aromatic heterocycles. The number of pyridine rings is 1. The van der Waals surface area contributed by atoms with Gasteiger partial charge in [-0.15, -0.1) is 0 Å². The predicted octanol–water partition coefficient (Wildman–Crippen LogP) is 2.49. The standard InChI is InChI=1S/C10H9Cl2N5/c1-6-4-13-3-2-7(6)5-14-10-16-8(11)15-9(12)17-10/h2-4H,5H2,1H3,(H,14,15,16,17). The van der Waals surface area contributed by atoms with Gasteiger partial charge in [-0.3, -0.25) is 4.98 Å². The van der Waals surface area contributed by atoms with Crippen molar-refractivity contribution in [1.82, 2.24) is 19.9 Å². The quantitative estimate of drug-likeness (QED) is 0.928. The van der Waals surface area contributed by atoms with Gasteiger partial charge in [0.1, 0.15) is 0 Å². The van der Waals surface area contributed by atoms with Gasteiger partial charge in [-0.05, 0) is 47.3 Å². The maximum atomic E-state index is 5.67. The highest BCUT2D eigenvalue weighted by Gasteiger charge is 2.03. The minimum Gasteiger partial charge on any atom is -0.350 e. The lowest BCUT2D eigenvalue weighted by atomic mass is 10.1. The SMILES string of the molecule is Cc1cnccc1CNc1nc(Cl)nc(Cl)n1. The summed E-state index contributed by atoms with van der Waals surface area (Å²) < 4.78 is 0. The second-order valence-corrected chi connectivity index (χ2v) is 4.03. The maximum Gasteiger partial charge on any atom is 0.228 e. The van der Waals surface area contributed by atoms with E-state index in [1.165, 1.54) is 0 Å². The van der Waals surface area contributed by atoms with Crippen LogP contribution in [0, 0.1) is 6.92 Å². The molecule has 0 bridgehead atoms. The van der Waals surface area contributed by atoms with Crippen molar-refractivity contribution in [3.8, 4) is 0 Å². The summed E-state index contributed by atoms with van der Waals surface area (Å²) in [7, 11) is 0. The molecule has 0 radical (unpaired) electrons. The summed E-state index contributed by atoms with van der Waals surface area (Å²) in [6.45, 7) is 2.56. The van der Waals surface area contributed by atoms with Gasteiger partial charge in [0, 0.05) is 18.9 Å². The predicted molar refractivity (Wildman–Crippen MR) is 66.1 cm³/mol. The Balaban J connectivity index is 2.10. The lowest BCUT2D eigenvalue weighted by Crippen LogP contribution is -2.06. The molecule has 2 heterocycles. The van der Waals surface area contributed by atoms with Gasteiger partial charge in [-0.1, -0.05) is 0 Å². The molecule has 0 aliphatic rings. The molecule has 0 aliphatic carbocycles. The Kier molecular flexibility index (Phi) is 3.71. The fourth-order valence-electron chi connectivity index (χ4n) is 1.28. The highest BCUT2D eigenvalue weighted by molar-refractivity contribution is 6.31. The molecule has 2 aromatic rings. The Morgan fingerprint density at radius 1 is 1.18 bits per heavy atom. The summed E-state index contributed by atoms with van der Waals surface area (Å²) >= 11 is 11.3. The summed E-state index contributed by atoms with van der Waals surface area (Å²) in [6.07, 6.45) is 3.53. The van der Waals surface area contributed by atoms with Gasteiger partial charge in [-0.2, -0.15) is 15.0 Å². The van der Waals surface area contributed by atoms with Crippen LogP contribution in [0.4, 0.5) is 5.95 Å². The average Bonchev–Trinajstić information content (AvgIpc) is 2.27. The van der Waals surface area contributed by atoms with Gasteiger partial charge in [0.25, 0.3) is 0 Å². The molecule has 1 N–H and O–H groups in total. The third kappa shape index (κ3) is 3.25. The molecule has 0 spiro atoms. The lowest BCUT2D eigenvalue weighted by Gasteiger charge is -2.07. The van der Waals surface area contributed by atoms with Crippen LogP contribution in [0.25, 0.3) is 0 Å². The summed E-state index contributed by atoms with van der Waals surface area (Å²) in [6, 6.07) is 1.92. The molecule has 0 saturated heterocycles. The van der Waals surface area contributed by atoms with E-state index in [2.05, 4.69) is 25.3 Å². The van der Waals surface area contributed by atoms with E-state index >= 15 is 0 Å². The summed E-state index contributed by atoms with van der Waals surface area (Å²) in [5.74, 6) is 0.353. The Morgan fingerprint density at radius 2 is 1.88 bits per heavy atom. The van der Waals surface area contributed by atoms with Gasteiger partial charge in [0.15, 0.2) is 0 Å². The van der Waals surface area contributed by atoms with Gasteiger partial charge >= 0.3 is 0 Å². The number of halogens is 2. The number of nitrogens with one attached hydrogen (secondary N) is 1. The Morgan fingerprint density at radius 3 is 2.53 bits per heavy atom. The zero-order valence-electron chi connectivity index (χ0n) is 8.98. The first kappa shape index (κ1) is 12.0. The van der Waals surface area contributed by atoms with Crippen LogP contribution >= 0.6 is 23.2 Å². The molecular formula is C10H9Cl2N5. The molecule has 0 amide bonds. The first-order valence-electron chi connectivity index (χ1n) is 4.85. The van der Waals surface area contributed by atoms with Gasteiger partial charge in [0.2, 0.25) is 16.5 Å². The number of hydrogen-bond donors (Lipinski definition) is 1. The second-order valence-electron chi connectivity index (χ2n) is 3.35. The fraction of sp³-hybridized carbons (Fsp3) is 0.200. The average molecular weight is 270 g/mol. The molecular weight excluding hydrogens is 261 g/mol. The van der Waals surface area contributed by atoms with Crippen molar-refractivity contribution in [1.29, 1.82) is 0 Å². The Bertz CT molecular complexity index is 512. The highest BCUT2D eigenvalue weighted by Crippen LogP contribution is 2.11. The third-order valence-electron chi connectivity index (χ3n) is 2.15. The van der Waals surface area contributed by atoms with E-state index in [0.29, 0.717) is 12.5 Å². The van der Waals surface area contributed by atoms with Crippen molar-refractivity contribution < 1.29 is 0 Å². The number of nitrogens with zero attached hydrogens (tertiary/aromatic N) is 4. The maximum absolute atomic E-state index is 5.67. The molecule has 0 atom stereocenters. The van der Waals surface area contributed by atoms with E-state index in [1.54, 1.807) is 12.4 Å². The van der Waals surface area contributed by atoms with Crippen molar-refractivity contribution >= 4 is 29.2 Å². The van der Waals surface area contributed by atoms with Crippen LogP contribution in [0.15, 0.2) is 18.5 Å². The van der Waals surface area contributed by atoms with Gasteiger partial charge in [0.05, 0.1) is 0 Å². The normalized spacial score (nSPS) is 10.3. The number of aromatic nitrogens is 4. The van der Waals surface area contributed by atoms with Crippen LogP contribution < -0.4 is 5.32 Å². The minimum absolute atomic E-state index is 0.0685. The van der Waals surface area contributed by atoms with Crippen molar-refractivity contribution in [2.75, 3.05) is 5.32 Å². The number of hydrogen-bond acceptors (Lipinski definition) is 5. The number of rotatable bonds is 3. The van der Waals surface area contributed by atoms with Crippen molar-refractivity contribution in [2.45, 2.75) is 13.5 Å². The van der Waals surface area contributed by atoms with E-state index in [1.807, 2.05) is 13.0 Å².